The normalized spacial score (nSPS) is 24.2. The fourth-order valence-electron chi connectivity index (χ4n) is 5.38. The molecule has 10 heteroatoms. The number of nitrogens with one attached hydrogen (secondary N) is 1. The van der Waals surface area contributed by atoms with E-state index in [1.165, 1.54) is 12.3 Å². The van der Waals surface area contributed by atoms with E-state index >= 15 is 0 Å². The van der Waals surface area contributed by atoms with Crippen LogP contribution in [0.4, 0.5) is 0 Å². The summed E-state index contributed by atoms with van der Waals surface area (Å²) in [4.78, 5) is 26.6. The number of hydrazone groups is 1. The lowest BCUT2D eigenvalue weighted by atomic mass is 9.85. The number of carbonyl (C=O) groups excluding carboxylic acids is 2. The fraction of sp³-hybridized carbons (Fsp3) is 0.407. The van der Waals surface area contributed by atoms with Crippen LogP contribution in [0.15, 0.2) is 42.4 Å². The van der Waals surface area contributed by atoms with Crippen molar-refractivity contribution in [1.82, 2.24) is 19.8 Å². The Morgan fingerprint density at radius 1 is 1.30 bits per heavy atom. The minimum absolute atomic E-state index is 0.0284. The second-order valence-corrected chi connectivity index (χ2v) is 9.71. The molecule has 0 radical (unpaired) electrons. The number of allylic oxidation sites excluding steroid dienone is 1. The molecule has 190 valence electrons. The Kier molecular flexibility index (Phi) is 6.86. The van der Waals surface area contributed by atoms with Crippen LogP contribution >= 0.6 is 0 Å². The molecule has 10 nitrogen and oxygen atoms in total. The van der Waals surface area contributed by atoms with Gasteiger partial charge in [-0.25, -0.2) is 4.52 Å². The Hall–Kier alpha value is -4.26. The summed E-state index contributed by atoms with van der Waals surface area (Å²) in [5.74, 6) is 0.901. The highest BCUT2D eigenvalue weighted by Crippen LogP contribution is 2.30. The summed E-state index contributed by atoms with van der Waals surface area (Å²) < 4.78 is 8.97. The lowest BCUT2D eigenvalue weighted by Crippen LogP contribution is -2.41. The molecule has 0 aromatic carbocycles. The molecule has 0 bridgehead atoms. The number of carbonyl (C=O) groups is 2. The number of hydrogen-bond acceptors (Lipinski definition) is 6. The average Bonchev–Trinajstić information content (AvgIpc) is 3.68. The summed E-state index contributed by atoms with van der Waals surface area (Å²) in [5, 5.41) is 21.1. The fourth-order valence-corrected chi connectivity index (χ4v) is 5.38. The van der Waals surface area contributed by atoms with Crippen molar-refractivity contribution in [2.45, 2.75) is 38.1 Å². The quantitative estimate of drug-likeness (QED) is 0.483. The van der Waals surface area contributed by atoms with E-state index in [0.29, 0.717) is 23.4 Å². The van der Waals surface area contributed by atoms with E-state index < -0.39 is 0 Å². The van der Waals surface area contributed by atoms with Crippen LogP contribution < -0.4 is 10.1 Å². The molecule has 2 aromatic rings. The Balaban J connectivity index is 1.21. The summed E-state index contributed by atoms with van der Waals surface area (Å²) >= 11 is 0. The van der Waals surface area contributed by atoms with Crippen LogP contribution in [0.1, 0.15) is 43.2 Å². The number of nitrogens with zero attached hydrogens (tertiary/aromatic N) is 6. The van der Waals surface area contributed by atoms with Crippen LogP contribution in [-0.2, 0) is 9.59 Å². The van der Waals surface area contributed by atoms with Gasteiger partial charge in [0.15, 0.2) is 6.21 Å². The third-order valence-corrected chi connectivity index (χ3v) is 7.36. The predicted octanol–water partition coefficient (Wildman–Crippen LogP) is 2.35. The molecule has 3 aliphatic rings. The number of methoxy groups -OCH3 is 1. The molecule has 1 saturated heterocycles. The maximum Gasteiger partial charge on any atom is 0.243 e. The second-order valence-electron chi connectivity index (χ2n) is 9.71. The van der Waals surface area contributed by atoms with Gasteiger partial charge in [-0.05, 0) is 49.3 Å². The molecular formula is C27H30N7O3+. The zero-order valence-electron chi connectivity index (χ0n) is 20.8. The monoisotopic (exact) mass is 500 g/mol. The molecule has 2 amide bonds. The van der Waals surface area contributed by atoms with E-state index in [9.17, 15) is 14.9 Å². The first-order valence-electron chi connectivity index (χ1n) is 12.6. The highest BCUT2D eigenvalue weighted by Gasteiger charge is 2.34. The molecule has 2 aromatic heterocycles. The summed E-state index contributed by atoms with van der Waals surface area (Å²) in [5.41, 5.74) is 2.87. The zero-order chi connectivity index (χ0) is 25.9. The minimum Gasteiger partial charge on any atom is -0.494 e. The van der Waals surface area contributed by atoms with Gasteiger partial charge in [-0.2, -0.15) is 10.4 Å². The van der Waals surface area contributed by atoms with Gasteiger partial charge in [-0.15, -0.1) is 0 Å². The van der Waals surface area contributed by atoms with Crippen molar-refractivity contribution in [3.8, 4) is 11.8 Å². The van der Waals surface area contributed by atoms with Crippen molar-refractivity contribution in [3.63, 3.8) is 0 Å². The van der Waals surface area contributed by atoms with Crippen LogP contribution in [0.2, 0.25) is 0 Å². The lowest BCUT2D eigenvalue weighted by Gasteiger charge is -2.30. The molecule has 2 aliphatic heterocycles. The number of nitriles is 1. The molecule has 1 N–H and O–H groups in total. The standard InChI is InChI=1S/C27H29N7O3/c1-3-25(35)31-23-6-4-19(5-7-23)27(36)32-9-8-18(14-32)15-33-16-22(13-29-33)20-10-24(37-2)26-21(11-28)12-30-34(26)17-20/h3,10,12-13,15-19,23H,1,4-9,14H2,2H3/p+1/b33-15-. The predicted molar refractivity (Wildman–Crippen MR) is 138 cm³/mol. The van der Waals surface area contributed by atoms with E-state index in [2.05, 4.69) is 34.4 Å². The summed E-state index contributed by atoms with van der Waals surface area (Å²) in [6, 6.07) is 4.15. The molecule has 5 rings (SSSR count). The highest BCUT2D eigenvalue weighted by molar-refractivity contribution is 6.10. The number of hydrogen-bond donors (Lipinski definition) is 1. The van der Waals surface area contributed by atoms with Crippen molar-refractivity contribution in [3.05, 3.63) is 48.4 Å². The molecule has 1 saturated carbocycles. The smallest absolute Gasteiger partial charge is 0.243 e. The molecular weight excluding hydrogens is 470 g/mol. The number of pyridine rings is 1. The summed E-state index contributed by atoms with van der Waals surface area (Å²) in [6.45, 7) is 4.93. The number of ether oxygens (including phenoxy) is 1. The molecule has 1 atom stereocenters. The summed E-state index contributed by atoms with van der Waals surface area (Å²) in [7, 11) is 1.57. The number of rotatable bonds is 6. The number of likely N-dealkylation sites (tertiary alicyclic amines) is 1. The van der Waals surface area contributed by atoms with E-state index in [4.69, 9.17) is 4.74 Å². The third-order valence-electron chi connectivity index (χ3n) is 7.36. The van der Waals surface area contributed by atoms with Gasteiger partial charge in [0.25, 0.3) is 0 Å². The van der Waals surface area contributed by atoms with Gasteiger partial charge in [0.2, 0.25) is 18.0 Å². The van der Waals surface area contributed by atoms with Crippen LogP contribution in [0.5, 0.6) is 5.75 Å². The van der Waals surface area contributed by atoms with Gasteiger partial charge >= 0.3 is 0 Å². The van der Waals surface area contributed by atoms with Crippen LogP contribution in [0, 0.1) is 23.2 Å². The van der Waals surface area contributed by atoms with Crippen LogP contribution in [-0.4, -0.2) is 69.7 Å². The highest BCUT2D eigenvalue weighted by atomic mass is 16.5. The van der Waals surface area contributed by atoms with Crippen LogP contribution in [0.3, 0.4) is 0 Å². The number of aromatic nitrogens is 2. The van der Waals surface area contributed by atoms with E-state index in [0.717, 1.165) is 49.8 Å². The molecule has 4 heterocycles. The van der Waals surface area contributed by atoms with Gasteiger partial charge < -0.3 is 15.0 Å². The van der Waals surface area contributed by atoms with Gasteiger partial charge in [0, 0.05) is 36.8 Å². The van der Waals surface area contributed by atoms with Gasteiger partial charge in [0.05, 0.1) is 24.8 Å². The largest absolute Gasteiger partial charge is 0.494 e. The molecule has 1 aliphatic carbocycles. The van der Waals surface area contributed by atoms with Crippen molar-refractivity contribution in [2.75, 3.05) is 20.2 Å². The topological polar surface area (TPSA) is 115 Å². The van der Waals surface area contributed by atoms with Gasteiger partial charge in [0.1, 0.15) is 29.1 Å². The Morgan fingerprint density at radius 3 is 2.84 bits per heavy atom. The second kappa shape index (κ2) is 10.4. The minimum atomic E-state index is -0.149. The van der Waals surface area contributed by atoms with E-state index in [1.807, 2.05) is 28.0 Å². The Bertz CT molecular complexity index is 1370. The average molecular weight is 501 g/mol. The molecule has 37 heavy (non-hydrogen) atoms. The first-order chi connectivity index (χ1) is 18.0. The van der Waals surface area contributed by atoms with Crippen molar-refractivity contribution in [2.24, 2.45) is 16.9 Å². The first kappa shape index (κ1) is 24.4. The SMILES string of the molecule is C=CC(=O)NC1CCC(C(=O)N2CCC(/C=[N+]3/C=C(c4cc(OC)c5c(C#N)cnn5c4)C=N3)C2)CC1. The number of amides is 2. The number of fused-ring (bicyclic) bond motifs is 1. The summed E-state index contributed by atoms with van der Waals surface area (Å²) in [6.07, 6.45) is 14.6. The van der Waals surface area contributed by atoms with Gasteiger partial charge in [-0.3, -0.25) is 9.59 Å². The van der Waals surface area contributed by atoms with Crippen molar-refractivity contribution < 1.29 is 19.0 Å². The Labute approximate surface area is 215 Å². The molecule has 0 spiro atoms. The molecule has 2 fully saturated rings. The van der Waals surface area contributed by atoms with Gasteiger partial charge in [-0.1, -0.05) is 11.3 Å². The maximum atomic E-state index is 13.1. The van der Waals surface area contributed by atoms with E-state index in [1.54, 1.807) is 17.8 Å². The van der Waals surface area contributed by atoms with Crippen molar-refractivity contribution in [1.29, 1.82) is 5.26 Å². The zero-order valence-corrected chi connectivity index (χ0v) is 20.8. The lowest BCUT2D eigenvalue weighted by molar-refractivity contribution is -0.454. The van der Waals surface area contributed by atoms with Crippen LogP contribution in [0.25, 0.3) is 11.1 Å². The first-order valence-corrected chi connectivity index (χ1v) is 12.6. The maximum absolute atomic E-state index is 13.1. The third kappa shape index (κ3) is 5.03. The van der Waals surface area contributed by atoms with Crippen molar-refractivity contribution >= 4 is 35.3 Å². The Morgan fingerprint density at radius 2 is 2.11 bits per heavy atom. The van der Waals surface area contributed by atoms with E-state index in [-0.39, 0.29) is 29.7 Å². The molecule has 1 unspecified atom stereocenters.